The molecule has 1 N–H and O–H groups in total. The zero-order chi connectivity index (χ0) is 12.3. The minimum atomic E-state index is 0.522. The molecule has 2 rings (SSSR count). The zero-order valence-electron chi connectivity index (χ0n) is 10.1. The van der Waals surface area contributed by atoms with Crippen LogP contribution in [0.1, 0.15) is 24.4 Å². The molecule has 0 amide bonds. The van der Waals surface area contributed by atoms with Crippen LogP contribution < -0.4 is 5.32 Å². The van der Waals surface area contributed by atoms with Crippen LogP contribution >= 0.6 is 27.3 Å². The molecule has 0 aliphatic carbocycles. The quantitative estimate of drug-likeness (QED) is 0.887. The third-order valence-corrected chi connectivity index (χ3v) is 4.25. The van der Waals surface area contributed by atoms with E-state index < -0.39 is 0 Å². The topological polar surface area (TPSA) is 17.0 Å². The van der Waals surface area contributed by atoms with Crippen molar-refractivity contribution in [2.75, 3.05) is 0 Å². The maximum atomic E-state index is 3.49. The lowest BCUT2D eigenvalue weighted by Gasteiger charge is -2.11. The molecule has 0 aliphatic heterocycles. The van der Waals surface area contributed by atoms with Crippen LogP contribution in [-0.4, -0.2) is 10.6 Å². The molecule has 0 saturated carbocycles. The highest BCUT2D eigenvalue weighted by atomic mass is 79.9. The van der Waals surface area contributed by atoms with E-state index in [9.17, 15) is 0 Å². The van der Waals surface area contributed by atoms with E-state index in [2.05, 4.69) is 69.4 Å². The SMILES string of the molecule is CC(C)NCc1cccn1Cc1cc(Br)cs1. The number of thiophene rings is 1. The highest BCUT2D eigenvalue weighted by molar-refractivity contribution is 9.10. The predicted octanol–water partition coefficient (Wildman–Crippen LogP) is 3.86. The summed E-state index contributed by atoms with van der Waals surface area (Å²) in [6, 6.07) is 7.00. The molecular weight excluding hydrogens is 296 g/mol. The molecule has 0 aromatic carbocycles. The number of nitrogens with one attached hydrogen (secondary N) is 1. The van der Waals surface area contributed by atoms with Gasteiger partial charge in [0.15, 0.2) is 0 Å². The minimum Gasteiger partial charge on any atom is -0.345 e. The van der Waals surface area contributed by atoms with Gasteiger partial charge in [-0.1, -0.05) is 13.8 Å². The van der Waals surface area contributed by atoms with Gasteiger partial charge in [-0.2, -0.15) is 0 Å². The molecule has 2 aromatic heterocycles. The largest absolute Gasteiger partial charge is 0.345 e. The number of hydrogen-bond acceptors (Lipinski definition) is 2. The molecule has 2 nitrogen and oxygen atoms in total. The molecule has 92 valence electrons. The minimum absolute atomic E-state index is 0.522. The summed E-state index contributed by atoms with van der Waals surface area (Å²) in [6.45, 7) is 6.23. The van der Waals surface area contributed by atoms with Gasteiger partial charge in [0.25, 0.3) is 0 Å². The molecule has 0 spiro atoms. The number of aromatic nitrogens is 1. The summed E-state index contributed by atoms with van der Waals surface area (Å²) < 4.78 is 3.47. The molecule has 2 aromatic rings. The predicted molar refractivity (Wildman–Crippen MR) is 77.5 cm³/mol. The van der Waals surface area contributed by atoms with Gasteiger partial charge in [0.1, 0.15) is 0 Å². The number of hydrogen-bond donors (Lipinski definition) is 1. The van der Waals surface area contributed by atoms with Crippen LogP contribution in [0.4, 0.5) is 0 Å². The summed E-state index contributed by atoms with van der Waals surface area (Å²) >= 11 is 5.29. The second kappa shape index (κ2) is 5.85. The monoisotopic (exact) mass is 312 g/mol. The highest BCUT2D eigenvalue weighted by Crippen LogP contribution is 2.21. The smallest absolute Gasteiger partial charge is 0.0567 e. The second-order valence-corrected chi connectivity index (χ2v) is 6.31. The van der Waals surface area contributed by atoms with E-state index in [1.54, 1.807) is 11.3 Å². The van der Waals surface area contributed by atoms with Gasteiger partial charge in [0.2, 0.25) is 0 Å². The van der Waals surface area contributed by atoms with Crippen molar-refractivity contribution in [2.45, 2.75) is 33.0 Å². The van der Waals surface area contributed by atoms with E-state index in [0.717, 1.165) is 13.1 Å². The van der Waals surface area contributed by atoms with Crippen molar-refractivity contribution in [3.05, 3.63) is 44.8 Å². The summed E-state index contributed by atoms with van der Waals surface area (Å²) in [5.41, 5.74) is 1.34. The molecule has 0 fully saturated rings. The first-order valence-electron chi connectivity index (χ1n) is 5.75. The first-order valence-corrected chi connectivity index (χ1v) is 7.42. The van der Waals surface area contributed by atoms with E-state index >= 15 is 0 Å². The molecule has 0 atom stereocenters. The summed E-state index contributed by atoms with van der Waals surface area (Å²) in [4.78, 5) is 1.37. The van der Waals surface area contributed by atoms with Crippen LogP contribution in [0.25, 0.3) is 0 Å². The molecule has 0 bridgehead atoms. The van der Waals surface area contributed by atoms with Crippen molar-refractivity contribution in [3.63, 3.8) is 0 Å². The number of halogens is 1. The van der Waals surface area contributed by atoms with Gasteiger partial charge >= 0.3 is 0 Å². The van der Waals surface area contributed by atoms with Crippen molar-refractivity contribution in [2.24, 2.45) is 0 Å². The first-order chi connectivity index (χ1) is 8.15. The molecule has 0 radical (unpaired) electrons. The van der Waals surface area contributed by atoms with Crippen LogP contribution in [0, 0.1) is 0 Å². The lowest BCUT2D eigenvalue weighted by molar-refractivity contribution is 0.565. The standard InChI is InChI=1S/C13H17BrN2S/c1-10(2)15-7-12-4-3-5-16(12)8-13-6-11(14)9-17-13/h3-6,9-10,15H,7-8H2,1-2H3. The van der Waals surface area contributed by atoms with Crippen LogP contribution in [0.15, 0.2) is 34.2 Å². The van der Waals surface area contributed by atoms with E-state index in [4.69, 9.17) is 0 Å². The molecule has 0 saturated heterocycles. The average Bonchev–Trinajstić information content (AvgIpc) is 2.86. The van der Waals surface area contributed by atoms with Crippen molar-refractivity contribution < 1.29 is 0 Å². The van der Waals surface area contributed by atoms with Crippen molar-refractivity contribution in [3.8, 4) is 0 Å². The van der Waals surface area contributed by atoms with Gasteiger partial charge in [0.05, 0.1) is 6.54 Å². The lowest BCUT2D eigenvalue weighted by Crippen LogP contribution is -2.23. The summed E-state index contributed by atoms with van der Waals surface area (Å²) in [5.74, 6) is 0. The third-order valence-electron chi connectivity index (χ3n) is 2.56. The Morgan fingerprint density at radius 3 is 2.94 bits per heavy atom. The Hall–Kier alpha value is -0.580. The van der Waals surface area contributed by atoms with Gasteiger partial charge in [-0.15, -0.1) is 11.3 Å². The summed E-state index contributed by atoms with van der Waals surface area (Å²) in [7, 11) is 0. The van der Waals surface area contributed by atoms with Crippen LogP contribution in [0.3, 0.4) is 0 Å². The van der Waals surface area contributed by atoms with Crippen molar-refractivity contribution >= 4 is 27.3 Å². The Balaban J connectivity index is 2.03. The van der Waals surface area contributed by atoms with Gasteiger partial charge in [-0.05, 0) is 34.1 Å². The number of rotatable bonds is 5. The highest BCUT2D eigenvalue weighted by Gasteiger charge is 2.04. The Bertz CT molecular complexity index is 473. The Labute approximate surface area is 115 Å². The van der Waals surface area contributed by atoms with Gasteiger partial charge in [-0.3, -0.25) is 0 Å². The van der Waals surface area contributed by atoms with E-state index in [1.165, 1.54) is 15.0 Å². The zero-order valence-corrected chi connectivity index (χ0v) is 12.5. The maximum Gasteiger partial charge on any atom is 0.0567 e. The van der Waals surface area contributed by atoms with Crippen molar-refractivity contribution in [1.29, 1.82) is 0 Å². The number of nitrogens with zero attached hydrogens (tertiary/aromatic N) is 1. The van der Waals surface area contributed by atoms with Gasteiger partial charge in [-0.25, -0.2) is 0 Å². The molecule has 17 heavy (non-hydrogen) atoms. The molecular formula is C13H17BrN2S. The first kappa shape index (κ1) is 12.9. The Morgan fingerprint density at radius 2 is 2.29 bits per heavy atom. The van der Waals surface area contributed by atoms with Gasteiger partial charge in [0, 0.05) is 39.2 Å². The van der Waals surface area contributed by atoms with Crippen LogP contribution in [0.2, 0.25) is 0 Å². The Kier molecular flexibility index (Phi) is 4.42. The second-order valence-electron chi connectivity index (χ2n) is 4.39. The average molecular weight is 313 g/mol. The van der Waals surface area contributed by atoms with E-state index in [1.807, 2.05) is 0 Å². The summed E-state index contributed by atoms with van der Waals surface area (Å²) in [5, 5.41) is 5.58. The van der Waals surface area contributed by atoms with Crippen LogP contribution in [-0.2, 0) is 13.1 Å². The summed E-state index contributed by atoms with van der Waals surface area (Å²) in [6.07, 6.45) is 2.14. The third kappa shape index (κ3) is 3.69. The lowest BCUT2D eigenvalue weighted by atomic mass is 10.3. The maximum absolute atomic E-state index is 3.49. The van der Waals surface area contributed by atoms with E-state index in [0.29, 0.717) is 6.04 Å². The molecule has 4 heteroatoms. The van der Waals surface area contributed by atoms with E-state index in [-0.39, 0.29) is 0 Å². The van der Waals surface area contributed by atoms with Gasteiger partial charge < -0.3 is 9.88 Å². The molecule has 2 heterocycles. The van der Waals surface area contributed by atoms with Crippen molar-refractivity contribution in [1.82, 2.24) is 9.88 Å². The fourth-order valence-electron chi connectivity index (χ4n) is 1.68. The Morgan fingerprint density at radius 1 is 1.47 bits per heavy atom. The molecule has 0 aliphatic rings. The van der Waals surface area contributed by atoms with Crippen LogP contribution in [0.5, 0.6) is 0 Å². The fraction of sp³-hybridized carbons (Fsp3) is 0.385. The molecule has 0 unspecified atom stereocenters. The normalized spacial score (nSPS) is 11.3. The fourth-order valence-corrected chi connectivity index (χ4v) is 3.13.